The van der Waals surface area contributed by atoms with Crippen molar-refractivity contribution in [1.29, 1.82) is 0 Å². The first kappa shape index (κ1) is 14.7. The summed E-state index contributed by atoms with van der Waals surface area (Å²) in [4.78, 5) is 13.3. The van der Waals surface area contributed by atoms with Crippen LogP contribution in [0.4, 0.5) is 5.82 Å². The standard InChI is InChI=1S/C16H13N9S/c17-13-2-1-10(8-19-13)14-15-22-16(23-24(15)6-4-18-14)21-11-3-5-25-12(7-11)9-20-26-25/h1-9,18H,(H2,17,19)(H,22,23). The highest BCUT2D eigenvalue weighted by molar-refractivity contribution is 7.00. The van der Waals surface area contributed by atoms with Gasteiger partial charge >= 0.3 is 0 Å². The molecule has 0 aliphatic carbocycles. The fourth-order valence-corrected chi connectivity index (χ4v) is 3.25. The van der Waals surface area contributed by atoms with E-state index in [1.54, 1.807) is 23.5 Å². The number of hydrogen-bond acceptors (Lipinski definition) is 9. The summed E-state index contributed by atoms with van der Waals surface area (Å²) in [7, 11) is 0. The summed E-state index contributed by atoms with van der Waals surface area (Å²) < 4.78 is 6.12. The molecule has 4 N–H and O–H groups in total. The number of nitrogens with zero attached hydrogens (tertiary/aromatic N) is 6. The largest absolute Gasteiger partial charge is 0.384 e. The number of hydrogen-bond donors (Lipinski definition) is 3. The Morgan fingerprint density at radius 3 is 3.04 bits per heavy atom. The van der Waals surface area contributed by atoms with Gasteiger partial charge in [-0.2, -0.15) is 9.37 Å². The predicted molar refractivity (Wildman–Crippen MR) is 98.9 cm³/mol. The molecule has 0 atom stereocenters. The van der Waals surface area contributed by atoms with Gasteiger partial charge in [-0.25, -0.2) is 15.0 Å². The van der Waals surface area contributed by atoms with E-state index in [2.05, 4.69) is 30.1 Å². The summed E-state index contributed by atoms with van der Waals surface area (Å²) in [6.45, 7) is 0. The molecule has 5 rings (SSSR count). The van der Waals surface area contributed by atoms with Crippen LogP contribution in [-0.4, -0.2) is 24.1 Å². The van der Waals surface area contributed by atoms with Crippen LogP contribution in [0.25, 0.3) is 11.2 Å². The number of aliphatic imine (C=N–C) groups is 1. The van der Waals surface area contributed by atoms with Crippen LogP contribution in [0.3, 0.4) is 0 Å². The lowest BCUT2D eigenvalue weighted by Gasteiger charge is -2.21. The van der Waals surface area contributed by atoms with E-state index in [4.69, 9.17) is 5.73 Å². The number of anilines is 1. The van der Waals surface area contributed by atoms with Crippen LogP contribution in [0.5, 0.6) is 0 Å². The molecule has 128 valence electrons. The Kier molecular flexibility index (Phi) is 3.22. The fraction of sp³-hybridized carbons (Fsp3) is 0. The smallest absolute Gasteiger partial charge is 0.244 e. The van der Waals surface area contributed by atoms with Crippen LogP contribution in [-0.2, 0) is 0 Å². The van der Waals surface area contributed by atoms with Crippen LogP contribution in [0.1, 0.15) is 5.56 Å². The van der Waals surface area contributed by atoms with E-state index in [-0.39, 0.29) is 0 Å². The third-order valence-corrected chi connectivity index (χ3v) is 4.60. The van der Waals surface area contributed by atoms with Gasteiger partial charge in [0.1, 0.15) is 5.82 Å². The molecule has 10 heteroatoms. The first-order valence-electron chi connectivity index (χ1n) is 7.78. The molecule has 2 aliphatic rings. The molecule has 0 spiro atoms. The van der Waals surface area contributed by atoms with Crippen molar-refractivity contribution in [2.45, 2.75) is 0 Å². The van der Waals surface area contributed by atoms with Crippen molar-refractivity contribution in [3.05, 3.63) is 72.0 Å². The fourth-order valence-electron chi connectivity index (χ4n) is 2.68. The molecule has 0 amide bonds. The average molecular weight is 363 g/mol. The van der Waals surface area contributed by atoms with Gasteiger partial charge in [0, 0.05) is 30.4 Å². The molecule has 0 saturated heterocycles. The Hall–Kier alpha value is -3.66. The molecular formula is C16H13N9S. The molecule has 9 nitrogen and oxygen atoms in total. The number of fused-ring (bicyclic) bond motifs is 2. The number of nitrogen functional groups attached to an aromatic ring is 1. The number of aromatic nitrogens is 3. The van der Waals surface area contributed by atoms with Crippen molar-refractivity contribution in [1.82, 2.24) is 28.9 Å². The van der Waals surface area contributed by atoms with E-state index in [9.17, 15) is 0 Å². The van der Waals surface area contributed by atoms with Crippen molar-refractivity contribution in [3.8, 4) is 0 Å². The van der Waals surface area contributed by atoms with Crippen molar-refractivity contribution in [2.24, 2.45) is 9.98 Å². The second-order valence-electron chi connectivity index (χ2n) is 5.61. The number of nitrogens with two attached hydrogens (primary N) is 1. The molecule has 0 aromatic carbocycles. The zero-order valence-corrected chi connectivity index (χ0v) is 14.2. The topological polar surface area (TPSA) is 108 Å². The predicted octanol–water partition coefficient (Wildman–Crippen LogP) is 0.851. The molecule has 2 aliphatic heterocycles. The molecule has 3 aromatic heterocycles. The first-order chi connectivity index (χ1) is 12.8. The van der Waals surface area contributed by atoms with Gasteiger partial charge in [-0.1, -0.05) is 0 Å². The summed E-state index contributed by atoms with van der Waals surface area (Å²) in [6.07, 6.45) is 9.11. The average Bonchev–Trinajstić information content (AvgIpc) is 3.28. The highest BCUT2D eigenvalue weighted by atomic mass is 32.1. The monoisotopic (exact) mass is 363 g/mol. The first-order valence-corrected chi connectivity index (χ1v) is 8.52. The lowest BCUT2D eigenvalue weighted by Crippen LogP contribution is -2.34. The van der Waals surface area contributed by atoms with E-state index in [1.165, 1.54) is 11.7 Å². The van der Waals surface area contributed by atoms with E-state index in [0.717, 1.165) is 22.1 Å². The molecule has 0 saturated carbocycles. The van der Waals surface area contributed by atoms with Gasteiger partial charge in [0.05, 0.1) is 34.5 Å². The number of guanidine groups is 1. The summed E-state index contributed by atoms with van der Waals surface area (Å²) >= 11 is 1.39. The van der Waals surface area contributed by atoms with Crippen LogP contribution in [0, 0.1) is 0 Å². The van der Waals surface area contributed by atoms with Crippen LogP contribution in [0.15, 0.2) is 71.1 Å². The maximum absolute atomic E-state index is 5.67. The van der Waals surface area contributed by atoms with Gasteiger partial charge in [-0.05, 0) is 24.3 Å². The van der Waals surface area contributed by atoms with Gasteiger partial charge in [0.25, 0.3) is 0 Å². The van der Waals surface area contributed by atoms with Crippen LogP contribution >= 0.6 is 11.7 Å². The zero-order chi connectivity index (χ0) is 17.5. The van der Waals surface area contributed by atoms with Crippen molar-refractivity contribution in [3.63, 3.8) is 0 Å². The van der Waals surface area contributed by atoms with Crippen molar-refractivity contribution in [2.75, 3.05) is 5.73 Å². The zero-order valence-electron chi connectivity index (χ0n) is 13.4. The Morgan fingerprint density at radius 2 is 2.15 bits per heavy atom. The lowest BCUT2D eigenvalue weighted by molar-refractivity contribution is 0.432. The molecule has 0 radical (unpaired) electrons. The van der Waals surface area contributed by atoms with Crippen LogP contribution in [0.2, 0.25) is 0 Å². The van der Waals surface area contributed by atoms with E-state index < -0.39 is 0 Å². The second kappa shape index (κ2) is 5.70. The normalized spacial score (nSPS) is 16.5. The Balaban J connectivity index is 1.56. The van der Waals surface area contributed by atoms with Crippen LogP contribution < -0.4 is 21.8 Å². The van der Waals surface area contributed by atoms with Gasteiger partial charge in [0.2, 0.25) is 5.96 Å². The van der Waals surface area contributed by atoms with E-state index in [0.29, 0.717) is 17.6 Å². The van der Waals surface area contributed by atoms with E-state index >= 15 is 0 Å². The quantitative estimate of drug-likeness (QED) is 0.592. The molecule has 5 heterocycles. The van der Waals surface area contributed by atoms with Crippen molar-refractivity contribution >= 4 is 34.7 Å². The molecule has 3 aromatic rings. The minimum absolute atomic E-state index is 0.475. The summed E-state index contributed by atoms with van der Waals surface area (Å²) in [6, 6.07) is 7.53. The highest BCUT2D eigenvalue weighted by Crippen LogP contribution is 2.25. The van der Waals surface area contributed by atoms with E-state index in [1.807, 2.05) is 40.6 Å². The summed E-state index contributed by atoms with van der Waals surface area (Å²) in [5.74, 6) is 1.69. The van der Waals surface area contributed by atoms with Gasteiger partial charge < -0.3 is 11.1 Å². The lowest BCUT2D eigenvalue weighted by atomic mass is 10.2. The maximum Gasteiger partial charge on any atom is 0.244 e. The second-order valence-corrected chi connectivity index (χ2v) is 6.38. The Bertz CT molecular complexity index is 1150. The molecule has 0 bridgehead atoms. The molecular weight excluding hydrogens is 350 g/mol. The SMILES string of the molecule is Nc1ccc(C2=C3N=C(N=c4ccn5sncc5c4)NN3C=CN2)cn1. The van der Waals surface area contributed by atoms with Crippen molar-refractivity contribution < 1.29 is 0 Å². The third kappa shape index (κ3) is 2.48. The maximum atomic E-state index is 5.67. The summed E-state index contributed by atoms with van der Waals surface area (Å²) in [5, 5.41) is 5.81. The number of hydrazine groups is 1. The minimum atomic E-state index is 0.475. The number of rotatable bonds is 1. The Morgan fingerprint density at radius 1 is 1.19 bits per heavy atom. The number of pyridine rings is 2. The van der Waals surface area contributed by atoms with Gasteiger partial charge in [-0.15, -0.1) is 0 Å². The molecule has 0 fully saturated rings. The molecule has 0 unspecified atom stereocenters. The van der Waals surface area contributed by atoms with Gasteiger partial charge in [0.15, 0.2) is 5.82 Å². The highest BCUT2D eigenvalue weighted by Gasteiger charge is 2.24. The number of nitrogens with one attached hydrogen (secondary N) is 2. The summed E-state index contributed by atoms with van der Waals surface area (Å²) in [5.41, 5.74) is 11.5. The molecule has 26 heavy (non-hydrogen) atoms. The third-order valence-electron chi connectivity index (χ3n) is 3.90. The Labute approximate surface area is 151 Å². The minimum Gasteiger partial charge on any atom is -0.384 e. The van der Waals surface area contributed by atoms with Gasteiger partial charge in [-0.3, -0.25) is 9.22 Å².